The molecule has 0 spiro atoms. The van der Waals surface area contributed by atoms with E-state index < -0.39 is 5.91 Å². The SMILES string of the molecule is Cc1cccc(NC(=O)/C(C#N)=C/c2c(OCc3ccc(Cl)c(Cl)c3)ccc3ccccc23)c1. The van der Waals surface area contributed by atoms with Crippen molar-refractivity contribution in [2.45, 2.75) is 13.5 Å². The van der Waals surface area contributed by atoms with Crippen LogP contribution in [0.3, 0.4) is 0 Å². The molecule has 1 N–H and O–H groups in total. The standard InChI is InChI=1S/C28H20Cl2N2O2/c1-18-5-4-7-22(13-18)32-28(33)21(16-31)15-24-23-8-3-2-6-20(23)10-12-27(24)34-17-19-9-11-25(29)26(30)14-19/h2-15H,17H2,1H3,(H,32,33)/b21-15+. The zero-order valence-corrected chi connectivity index (χ0v) is 19.8. The average molecular weight is 487 g/mol. The molecule has 0 heterocycles. The summed E-state index contributed by atoms with van der Waals surface area (Å²) in [6, 6.07) is 26.2. The number of nitrogens with one attached hydrogen (secondary N) is 1. The second kappa shape index (κ2) is 10.4. The summed E-state index contributed by atoms with van der Waals surface area (Å²) < 4.78 is 6.10. The third kappa shape index (κ3) is 5.40. The van der Waals surface area contributed by atoms with Gasteiger partial charge < -0.3 is 10.1 Å². The fraction of sp³-hybridized carbons (Fsp3) is 0.0714. The lowest BCUT2D eigenvalue weighted by atomic mass is 10.0. The number of benzene rings is 4. The number of nitrogens with zero attached hydrogens (tertiary/aromatic N) is 1. The topological polar surface area (TPSA) is 62.1 Å². The van der Waals surface area contributed by atoms with Crippen LogP contribution in [0.15, 0.2) is 84.4 Å². The van der Waals surface area contributed by atoms with Crippen molar-refractivity contribution in [3.8, 4) is 11.8 Å². The Balaban J connectivity index is 1.70. The molecule has 4 aromatic carbocycles. The van der Waals surface area contributed by atoms with Crippen LogP contribution in [0.5, 0.6) is 5.75 Å². The highest BCUT2D eigenvalue weighted by Gasteiger charge is 2.14. The van der Waals surface area contributed by atoms with Crippen LogP contribution in [0, 0.1) is 18.3 Å². The lowest BCUT2D eigenvalue weighted by Crippen LogP contribution is -2.13. The summed E-state index contributed by atoms with van der Waals surface area (Å²) in [6.45, 7) is 2.18. The number of aryl methyl sites for hydroxylation is 1. The van der Waals surface area contributed by atoms with Crippen molar-refractivity contribution in [1.29, 1.82) is 5.26 Å². The summed E-state index contributed by atoms with van der Waals surface area (Å²) in [5, 5.41) is 15.3. The Bertz CT molecular complexity index is 1450. The predicted molar refractivity (Wildman–Crippen MR) is 138 cm³/mol. The molecule has 0 aliphatic heterocycles. The minimum Gasteiger partial charge on any atom is -0.488 e. The molecule has 0 unspecified atom stereocenters. The van der Waals surface area contributed by atoms with Gasteiger partial charge in [-0.05, 0) is 65.2 Å². The number of amides is 1. The Morgan fingerprint density at radius 2 is 1.82 bits per heavy atom. The highest BCUT2D eigenvalue weighted by molar-refractivity contribution is 6.42. The fourth-order valence-electron chi connectivity index (χ4n) is 3.56. The van der Waals surface area contributed by atoms with Crippen LogP contribution in [-0.4, -0.2) is 5.91 Å². The zero-order valence-electron chi connectivity index (χ0n) is 18.3. The lowest BCUT2D eigenvalue weighted by molar-refractivity contribution is -0.112. The second-order valence-corrected chi connectivity index (χ2v) is 8.54. The second-order valence-electron chi connectivity index (χ2n) is 7.73. The van der Waals surface area contributed by atoms with Gasteiger partial charge >= 0.3 is 0 Å². The first-order valence-electron chi connectivity index (χ1n) is 10.5. The lowest BCUT2D eigenvalue weighted by Gasteiger charge is -2.13. The highest BCUT2D eigenvalue weighted by atomic mass is 35.5. The zero-order chi connectivity index (χ0) is 24.1. The van der Waals surface area contributed by atoms with E-state index in [-0.39, 0.29) is 12.2 Å². The molecule has 0 atom stereocenters. The summed E-state index contributed by atoms with van der Waals surface area (Å²) in [5.74, 6) is 0.0531. The van der Waals surface area contributed by atoms with E-state index in [4.69, 9.17) is 27.9 Å². The monoisotopic (exact) mass is 486 g/mol. The van der Waals surface area contributed by atoms with Gasteiger partial charge in [-0.1, -0.05) is 71.7 Å². The molecule has 0 fully saturated rings. The third-order valence-electron chi connectivity index (χ3n) is 5.24. The molecule has 0 aliphatic carbocycles. The number of rotatable bonds is 6. The Hall–Kier alpha value is -3.78. The summed E-state index contributed by atoms with van der Waals surface area (Å²) in [7, 11) is 0. The van der Waals surface area contributed by atoms with E-state index in [0.717, 1.165) is 21.9 Å². The number of carbonyl (C=O) groups is 1. The van der Waals surface area contributed by atoms with E-state index in [2.05, 4.69) is 5.32 Å². The van der Waals surface area contributed by atoms with E-state index in [9.17, 15) is 10.1 Å². The van der Waals surface area contributed by atoms with Gasteiger partial charge in [-0.3, -0.25) is 4.79 Å². The molecule has 6 heteroatoms. The Morgan fingerprint density at radius 1 is 1.00 bits per heavy atom. The normalized spacial score (nSPS) is 11.2. The summed E-state index contributed by atoms with van der Waals surface area (Å²) in [5.41, 5.74) is 3.09. The van der Waals surface area contributed by atoms with Gasteiger partial charge in [-0.2, -0.15) is 5.26 Å². The van der Waals surface area contributed by atoms with Crippen LogP contribution in [-0.2, 0) is 11.4 Å². The van der Waals surface area contributed by atoms with E-state index in [1.807, 2.05) is 73.7 Å². The largest absolute Gasteiger partial charge is 0.488 e. The van der Waals surface area contributed by atoms with Crippen LogP contribution in [0.2, 0.25) is 10.0 Å². The number of carbonyl (C=O) groups excluding carboxylic acids is 1. The van der Waals surface area contributed by atoms with Crippen molar-refractivity contribution < 1.29 is 9.53 Å². The van der Waals surface area contributed by atoms with E-state index in [0.29, 0.717) is 27.0 Å². The van der Waals surface area contributed by atoms with Gasteiger partial charge in [-0.15, -0.1) is 0 Å². The number of nitriles is 1. The molecule has 168 valence electrons. The Labute approximate surface area is 208 Å². The summed E-state index contributed by atoms with van der Waals surface area (Å²) in [4.78, 5) is 12.9. The van der Waals surface area contributed by atoms with Gasteiger partial charge in [-0.25, -0.2) is 0 Å². The summed E-state index contributed by atoms with van der Waals surface area (Å²) in [6.07, 6.45) is 1.57. The van der Waals surface area contributed by atoms with E-state index in [1.54, 1.807) is 24.3 Å². The van der Waals surface area contributed by atoms with Gasteiger partial charge in [0.15, 0.2) is 0 Å². The molecule has 0 aromatic heterocycles. The van der Waals surface area contributed by atoms with Crippen LogP contribution in [0.4, 0.5) is 5.69 Å². The number of fused-ring (bicyclic) bond motifs is 1. The van der Waals surface area contributed by atoms with Crippen molar-refractivity contribution in [1.82, 2.24) is 0 Å². The van der Waals surface area contributed by atoms with E-state index >= 15 is 0 Å². The average Bonchev–Trinajstić information content (AvgIpc) is 2.83. The molecule has 4 rings (SSSR count). The van der Waals surface area contributed by atoms with Crippen molar-refractivity contribution in [3.05, 3.63) is 111 Å². The minimum atomic E-state index is -0.489. The van der Waals surface area contributed by atoms with E-state index in [1.165, 1.54) is 0 Å². The van der Waals surface area contributed by atoms with Gasteiger partial charge in [0.25, 0.3) is 5.91 Å². The van der Waals surface area contributed by atoms with Crippen LogP contribution in [0.25, 0.3) is 16.8 Å². The van der Waals surface area contributed by atoms with Crippen LogP contribution >= 0.6 is 23.2 Å². The number of anilines is 1. The predicted octanol–water partition coefficient (Wildman–Crippen LogP) is 7.58. The van der Waals surface area contributed by atoms with Crippen LogP contribution < -0.4 is 10.1 Å². The number of hydrogen-bond donors (Lipinski definition) is 1. The number of ether oxygens (including phenoxy) is 1. The molecule has 0 radical (unpaired) electrons. The Morgan fingerprint density at radius 3 is 2.59 bits per heavy atom. The van der Waals surface area contributed by atoms with Crippen molar-refractivity contribution in [3.63, 3.8) is 0 Å². The molecule has 0 aliphatic rings. The highest BCUT2D eigenvalue weighted by Crippen LogP contribution is 2.32. The van der Waals surface area contributed by atoms with Gasteiger partial charge in [0.05, 0.1) is 10.0 Å². The van der Waals surface area contributed by atoms with Gasteiger partial charge in [0.1, 0.15) is 24.0 Å². The molecule has 0 saturated carbocycles. The van der Waals surface area contributed by atoms with Crippen molar-refractivity contribution in [2.24, 2.45) is 0 Å². The first-order valence-corrected chi connectivity index (χ1v) is 11.3. The molecule has 4 nitrogen and oxygen atoms in total. The van der Waals surface area contributed by atoms with Crippen molar-refractivity contribution in [2.75, 3.05) is 5.32 Å². The third-order valence-corrected chi connectivity index (χ3v) is 5.98. The molecule has 0 saturated heterocycles. The summed E-state index contributed by atoms with van der Waals surface area (Å²) >= 11 is 12.1. The van der Waals surface area contributed by atoms with Crippen molar-refractivity contribution >= 4 is 51.6 Å². The maximum atomic E-state index is 12.9. The van der Waals surface area contributed by atoms with Crippen LogP contribution in [0.1, 0.15) is 16.7 Å². The smallest absolute Gasteiger partial charge is 0.266 e. The Kier molecular flexibility index (Phi) is 7.18. The molecular formula is C28H20Cl2N2O2. The number of hydrogen-bond acceptors (Lipinski definition) is 3. The first kappa shape index (κ1) is 23.4. The molecule has 0 bridgehead atoms. The van der Waals surface area contributed by atoms with Gasteiger partial charge in [0.2, 0.25) is 0 Å². The molecule has 4 aromatic rings. The maximum absolute atomic E-state index is 12.9. The number of halogens is 2. The quantitative estimate of drug-likeness (QED) is 0.225. The molecule has 34 heavy (non-hydrogen) atoms. The molecular weight excluding hydrogens is 467 g/mol. The van der Waals surface area contributed by atoms with Gasteiger partial charge in [0, 0.05) is 11.3 Å². The minimum absolute atomic E-state index is 0.0303. The molecule has 1 amide bonds. The maximum Gasteiger partial charge on any atom is 0.266 e. The first-order chi connectivity index (χ1) is 16.4. The fourth-order valence-corrected chi connectivity index (χ4v) is 3.88.